The molecule has 0 radical (unpaired) electrons. The van der Waals surface area contributed by atoms with E-state index in [-0.39, 0.29) is 17.7 Å². The van der Waals surface area contributed by atoms with Crippen molar-refractivity contribution in [2.45, 2.75) is 181 Å². The fourth-order valence-corrected chi connectivity index (χ4v) is 7.99. The quantitative estimate of drug-likeness (QED) is 0.0754. The first-order valence-electron chi connectivity index (χ1n) is 17.4. The van der Waals surface area contributed by atoms with Crippen LogP contribution < -0.4 is 0 Å². The summed E-state index contributed by atoms with van der Waals surface area (Å²) in [6, 6.07) is 8.95. The van der Waals surface area contributed by atoms with E-state index >= 15 is 0 Å². The molecule has 0 bridgehead atoms. The molecule has 0 atom stereocenters. The van der Waals surface area contributed by atoms with Gasteiger partial charge >= 0.3 is 176 Å². The van der Waals surface area contributed by atoms with E-state index in [0.29, 0.717) is 0 Å². The first kappa shape index (κ1) is 37.6. The zero-order valence-corrected chi connectivity index (χ0v) is 28.2. The topological polar surface area (TPSA) is 60.7 Å². The van der Waals surface area contributed by atoms with Crippen molar-refractivity contribution < 1.29 is 14.7 Å². The molecule has 0 saturated heterocycles. The molecule has 236 valence electrons. The van der Waals surface area contributed by atoms with Gasteiger partial charge in [0, 0.05) is 0 Å². The molecule has 0 saturated carbocycles. The minimum atomic E-state index is -4.40. The molecule has 0 amide bonds. The summed E-state index contributed by atoms with van der Waals surface area (Å²) in [7, 11) is -4.40. The Balaban J connectivity index is 1.94. The molecule has 3 N–H and O–H groups in total. The average Bonchev–Trinajstić information content (AvgIpc) is 2.89. The molecule has 1 aromatic carbocycles. The SMILES string of the molecule is CCCCCCCCCCCCCP(O)(O)(O)CCCCCCCCCCCCCc1ccccc1C(C)(C)C. The fourth-order valence-electron chi connectivity index (χ4n) is 6.02. The van der Waals surface area contributed by atoms with Crippen LogP contribution in [0, 0.1) is 0 Å². The molecule has 0 aliphatic rings. The molecule has 3 nitrogen and oxygen atoms in total. The molecule has 4 heteroatoms. The van der Waals surface area contributed by atoms with Gasteiger partial charge in [-0.15, -0.1) is 0 Å². The summed E-state index contributed by atoms with van der Waals surface area (Å²) in [5.74, 6) is 0. The summed E-state index contributed by atoms with van der Waals surface area (Å²) < 4.78 is 0. The van der Waals surface area contributed by atoms with Gasteiger partial charge in [0.15, 0.2) is 0 Å². The summed E-state index contributed by atoms with van der Waals surface area (Å²) in [5, 5.41) is 0. The van der Waals surface area contributed by atoms with Crippen molar-refractivity contribution in [2.24, 2.45) is 0 Å². The van der Waals surface area contributed by atoms with Crippen molar-refractivity contribution >= 4 is 7.28 Å². The van der Waals surface area contributed by atoms with E-state index in [4.69, 9.17) is 0 Å². The standard InChI is InChI=1S/C36H69O3P/c1-5-6-7-8-9-10-13-16-19-22-27-32-40(37,38,39)33-28-23-20-17-14-11-12-15-18-21-24-29-34-30-25-26-31-35(34)36(2,3)4/h25-26,30-31,37-39H,5-24,27-29,32-33H2,1-4H3. The van der Waals surface area contributed by atoms with Gasteiger partial charge in [0.05, 0.1) is 0 Å². The number of hydrogen-bond donors (Lipinski definition) is 3. The Morgan fingerprint density at radius 2 is 0.850 bits per heavy atom. The third-order valence-corrected chi connectivity index (χ3v) is 11.1. The molecule has 0 fully saturated rings. The van der Waals surface area contributed by atoms with Crippen LogP contribution >= 0.6 is 7.28 Å². The van der Waals surface area contributed by atoms with E-state index in [0.717, 1.165) is 38.5 Å². The van der Waals surface area contributed by atoms with Gasteiger partial charge in [-0.2, -0.15) is 0 Å². The predicted molar refractivity (Wildman–Crippen MR) is 179 cm³/mol. The first-order valence-corrected chi connectivity index (χ1v) is 19.8. The maximum absolute atomic E-state index is 10.4. The van der Waals surface area contributed by atoms with Crippen LogP contribution in [0.5, 0.6) is 0 Å². The maximum atomic E-state index is 10.4. The van der Waals surface area contributed by atoms with Crippen molar-refractivity contribution in [2.75, 3.05) is 12.3 Å². The Bertz CT molecular complexity index is 732. The number of hydrogen-bond acceptors (Lipinski definition) is 3. The van der Waals surface area contributed by atoms with Crippen molar-refractivity contribution in [3.8, 4) is 0 Å². The Morgan fingerprint density at radius 1 is 0.500 bits per heavy atom. The average molecular weight is 581 g/mol. The third-order valence-electron chi connectivity index (χ3n) is 8.61. The second-order valence-electron chi connectivity index (χ2n) is 13.9. The van der Waals surface area contributed by atoms with Crippen LogP contribution in [0.25, 0.3) is 0 Å². The van der Waals surface area contributed by atoms with E-state index < -0.39 is 7.28 Å². The molecule has 0 spiro atoms. The molecule has 1 aromatic rings. The number of benzene rings is 1. The summed E-state index contributed by atoms with van der Waals surface area (Å²) in [6.07, 6.45) is 28.4. The fraction of sp³-hybridized carbons (Fsp3) is 0.833. The van der Waals surface area contributed by atoms with Gasteiger partial charge in [-0.1, -0.05) is 52.0 Å². The molecule has 0 unspecified atom stereocenters. The Hall–Kier alpha value is -0.470. The van der Waals surface area contributed by atoms with Crippen LogP contribution in [0.3, 0.4) is 0 Å². The van der Waals surface area contributed by atoms with Gasteiger partial charge in [-0.25, -0.2) is 0 Å². The van der Waals surface area contributed by atoms with Crippen LogP contribution in [0.1, 0.15) is 180 Å². The van der Waals surface area contributed by atoms with Crippen molar-refractivity contribution in [1.29, 1.82) is 0 Å². The number of rotatable bonds is 26. The van der Waals surface area contributed by atoms with Gasteiger partial charge in [0.2, 0.25) is 0 Å². The molecule has 0 aliphatic heterocycles. The van der Waals surface area contributed by atoms with Crippen molar-refractivity contribution in [1.82, 2.24) is 0 Å². The Morgan fingerprint density at radius 3 is 1.25 bits per heavy atom. The van der Waals surface area contributed by atoms with E-state index in [1.165, 1.54) is 120 Å². The summed E-state index contributed by atoms with van der Waals surface area (Å²) in [4.78, 5) is 31.3. The minimum absolute atomic E-state index is 0.198. The minimum Gasteiger partial charge on any atom is -0.0620 e. The van der Waals surface area contributed by atoms with Crippen LogP contribution in [0.2, 0.25) is 0 Å². The monoisotopic (exact) mass is 580 g/mol. The summed E-state index contributed by atoms with van der Waals surface area (Å²) >= 11 is 0. The van der Waals surface area contributed by atoms with E-state index in [9.17, 15) is 14.7 Å². The van der Waals surface area contributed by atoms with Crippen LogP contribution in [-0.2, 0) is 11.8 Å². The molecule has 0 heterocycles. The van der Waals surface area contributed by atoms with Gasteiger partial charge in [-0.05, 0) is 23.0 Å². The Labute approximate surface area is 250 Å². The second kappa shape index (κ2) is 21.3. The molecule has 40 heavy (non-hydrogen) atoms. The molecule has 0 aliphatic carbocycles. The third kappa shape index (κ3) is 20.4. The molecular formula is C36H69O3P. The predicted octanol–water partition coefficient (Wildman–Crippen LogP) is 11.4. The second-order valence-corrected chi connectivity index (χ2v) is 17.4. The van der Waals surface area contributed by atoms with Crippen LogP contribution in [0.15, 0.2) is 24.3 Å². The summed E-state index contributed by atoms with van der Waals surface area (Å²) in [5.41, 5.74) is 3.25. The Kier molecular flexibility index (Phi) is 20.0. The van der Waals surface area contributed by atoms with E-state index in [2.05, 4.69) is 52.0 Å². The van der Waals surface area contributed by atoms with Crippen molar-refractivity contribution in [3.63, 3.8) is 0 Å². The van der Waals surface area contributed by atoms with Crippen LogP contribution in [-0.4, -0.2) is 27.0 Å². The number of unbranched alkanes of at least 4 members (excludes halogenated alkanes) is 20. The molecule has 1 rings (SSSR count). The number of aryl methyl sites for hydroxylation is 1. The van der Waals surface area contributed by atoms with E-state index in [1.807, 2.05) is 0 Å². The van der Waals surface area contributed by atoms with Gasteiger partial charge < -0.3 is 0 Å². The first-order chi connectivity index (χ1) is 19.0. The molecule has 0 aromatic heterocycles. The normalized spacial score (nSPS) is 13.4. The summed E-state index contributed by atoms with van der Waals surface area (Å²) in [6.45, 7) is 9.18. The van der Waals surface area contributed by atoms with E-state index in [1.54, 1.807) is 0 Å². The van der Waals surface area contributed by atoms with Gasteiger partial charge in [-0.3, -0.25) is 0 Å². The van der Waals surface area contributed by atoms with Gasteiger partial charge in [0.25, 0.3) is 0 Å². The zero-order valence-electron chi connectivity index (χ0n) is 27.3. The van der Waals surface area contributed by atoms with Crippen molar-refractivity contribution in [3.05, 3.63) is 35.4 Å². The van der Waals surface area contributed by atoms with Crippen LogP contribution in [0.4, 0.5) is 0 Å². The zero-order chi connectivity index (χ0) is 29.6. The smallest absolute Gasteiger partial charge is 0.0620 e. The molecular weight excluding hydrogens is 511 g/mol. The van der Waals surface area contributed by atoms with Gasteiger partial charge in [0.1, 0.15) is 0 Å².